The molecule has 0 saturated heterocycles. The van der Waals surface area contributed by atoms with Crippen LogP contribution in [0.25, 0.3) is 5.69 Å². The van der Waals surface area contributed by atoms with Crippen LogP contribution in [-0.2, 0) is 9.53 Å². The highest BCUT2D eigenvalue weighted by Crippen LogP contribution is 2.23. The number of thioether (sulfide) groups is 1. The van der Waals surface area contributed by atoms with Gasteiger partial charge in [0.2, 0.25) is 5.16 Å². The summed E-state index contributed by atoms with van der Waals surface area (Å²) in [6.07, 6.45) is 1.88. The summed E-state index contributed by atoms with van der Waals surface area (Å²) in [5, 5.41) is 11.9. The van der Waals surface area contributed by atoms with Crippen LogP contribution in [0.1, 0.15) is 32.3 Å². The Labute approximate surface area is 134 Å². The predicted octanol–water partition coefficient (Wildman–Crippen LogP) is 2.79. The molecule has 22 heavy (non-hydrogen) atoms. The van der Waals surface area contributed by atoms with Gasteiger partial charge in [0.25, 0.3) is 0 Å². The molecule has 0 bridgehead atoms. The molecule has 2 rings (SSSR count). The van der Waals surface area contributed by atoms with E-state index in [1.165, 1.54) is 17.3 Å². The van der Waals surface area contributed by atoms with Crippen LogP contribution in [0, 0.1) is 6.92 Å². The van der Waals surface area contributed by atoms with Gasteiger partial charge in [-0.25, -0.2) is 0 Å². The van der Waals surface area contributed by atoms with Gasteiger partial charge < -0.3 is 4.74 Å². The fourth-order valence-corrected chi connectivity index (χ4v) is 2.55. The Morgan fingerprint density at radius 1 is 1.36 bits per heavy atom. The summed E-state index contributed by atoms with van der Waals surface area (Å²) in [4.78, 5) is 11.9. The molecule has 0 fully saturated rings. The van der Waals surface area contributed by atoms with Crippen LogP contribution in [0.3, 0.4) is 0 Å². The fourth-order valence-electron chi connectivity index (χ4n) is 1.74. The quantitative estimate of drug-likeness (QED) is 0.444. The Kier molecular flexibility index (Phi) is 5.94. The van der Waals surface area contributed by atoms with Gasteiger partial charge in [-0.15, -0.1) is 5.10 Å². The van der Waals surface area contributed by atoms with Crippen molar-refractivity contribution in [3.05, 3.63) is 29.8 Å². The molecule has 0 amide bonds. The van der Waals surface area contributed by atoms with Crippen molar-refractivity contribution in [1.29, 1.82) is 0 Å². The lowest BCUT2D eigenvalue weighted by molar-refractivity contribution is -0.142. The van der Waals surface area contributed by atoms with Crippen LogP contribution < -0.4 is 0 Å². The summed E-state index contributed by atoms with van der Waals surface area (Å²) in [7, 11) is 0. The molecule has 1 aromatic heterocycles. The van der Waals surface area contributed by atoms with Gasteiger partial charge >= 0.3 is 5.97 Å². The number of nitrogens with zero attached hydrogens (tertiary/aromatic N) is 4. The molecule has 0 spiro atoms. The summed E-state index contributed by atoms with van der Waals surface area (Å²) in [6, 6.07) is 7.88. The average molecular weight is 320 g/mol. The number of esters is 1. The van der Waals surface area contributed by atoms with Gasteiger partial charge in [0.15, 0.2) is 0 Å². The maximum absolute atomic E-state index is 11.9. The zero-order valence-electron chi connectivity index (χ0n) is 13.0. The van der Waals surface area contributed by atoms with Crippen molar-refractivity contribution in [1.82, 2.24) is 20.2 Å². The van der Waals surface area contributed by atoms with Crippen LogP contribution in [0.15, 0.2) is 29.4 Å². The van der Waals surface area contributed by atoms with Gasteiger partial charge in [-0.1, -0.05) is 42.8 Å². The first kappa shape index (κ1) is 16.5. The SMILES string of the molecule is CCCCOC(=O)C(C)Sc1nnnn1-c1ccc(C)cc1. The second kappa shape index (κ2) is 7.93. The first-order chi connectivity index (χ1) is 10.6. The number of unbranched alkanes of at least 4 members (excludes halogenated alkanes) is 1. The molecule has 6 nitrogen and oxygen atoms in total. The third kappa shape index (κ3) is 4.30. The molecule has 1 heterocycles. The second-order valence-electron chi connectivity index (χ2n) is 4.99. The minimum Gasteiger partial charge on any atom is -0.465 e. The normalized spacial score (nSPS) is 12.1. The highest BCUT2D eigenvalue weighted by Gasteiger charge is 2.20. The molecular weight excluding hydrogens is 300 g/mol. The molecule has 0 aliphatic rings. The van der Waals surface area contributed by atoms with E-state index in [2.05, 4.69) is 22.4 Å². The lowest BCUT2D eigenvalue weighted by Gasteiger charge is -2.10. The van der Waals surface area contributed by atoms with Gasteiger partial charge in [-0.2, -0.15) is 4.68 Å². The Morgan fingerprint density at radius 2 is 2.09 bits per heavy atom. The lowest BCUT2D eigenvalue weighted by atomic mass is 10.2. The van der Waals surface area contributed by atoms with Gasteiger partial charge in [-0.05, 0) is 42.8 Å². The maximum Gasteiger partial charge on any atom is 0.319 e. The highest BCUT2D eigenvalue weighted by atomic mass is 32.2. The standard InChI is InChI=1S/C15H20N4O2S/c1-4-5-10-21-14(20)12(3)22-15-16-17-18-19(15)13-8-6-11(2)7-9-13/h6-9,12H,4-5,10H2,1-3H3. The summed E-state index contributed by atoms with van der Waals surface area (Å²) < 4.78 is 6.84. The summed E-state index contributed by atoms with van der Waals surface area (Å²) in [5.41, 5.74) is 2.03. The van der Waals surface area contributed by atoms with Crippen molar-refractivity contribution in [3.63, 3.8) is 0 Å². The Balaban J connectivity index is 2.03. The van der Waals surface area contributed by atoms with E-state index in [-0.39, 0.29) is 11.2 Å². The van der Waals surface area contributed by atoms with Gasteiger partial charge in [0, 0.05) is 0 Å². The van der Waals surface area contributed by atoms with Crippen molar-refractivity contribution in [2.75, 3.05) is 6.61 Å². The molecule has 0 saturated carbocycles. The smallest absolute Gasteiger partial charge is 0.319 e. The number of hydrogen-bond acceptors (Lipinski definition) is 6. The fraction of sp³-hybridized carbons (Fsp3) is 0.467. The van der Waals surface area contributed by atoms with Crippen LogP contribution in [0.2, 0.25) is 0 Å². The Morgan fingerprint density at radius 3 is 2.77 bits per heavy atom. The maximum atomic E-state index is 11.9. The molecule has 1 atom stereocenters. The topological polar surface area (TPSA) is 69.9 Å². The summed E-state index contributed by atoms with van der Waals surface area (Å²) >= 11 is 1.29. The van der Waals surface area contributed by atoms with E-state index in [0.29, 0.717) is 11.8 Å². The van der Waals surface area contributed by atoms with Crippen LogP contribution in [-0.4, -0.2) is 38.0 Å². The molecule has 0 N–H and O–H groups in total. The molecule has 1 unspecified atom stereocenters. The molecule has 118 valence electrons. The molecule has 7 heteroatoms. The van der Waals surface area contributed by atoms with Gasteiger partial charge in [0.05, 0.1) is 12.3 Å². The van der Waals surface area contributed by atoms with Crippen molar-refractivity contribution in [2.45, 2.75) is 44.0 Å². The number of tetrazole rings is 1. The van der Waals surface area contributed by atoms with Crippen molar-refractivity contribution >= 4 is 17.7 Å². The van der Waals surface area contributed by atoms with Crippen molar-refractivity contribution in [2.24, 2.45) is 0 Å². The Hall–Kier alpha value is -1.89. The lowest BCUT2D eigenvalue weighted by Crippen LogP contribution is -2.18. The molecule has 0 aliphatic heterocycles. The third-order valence-electron chi connectivity index (χ3n) is 3.08. The zero-order chi connectivity index (χ0) is 15.9. The van der Waals surface area contributed by atoms with E-state index in [1.807, 2.05) is 31.2 Å². The molecule has 0 aliphatic carbocycles. The van der Waals surface area contributed by atoms with E-state index in [1.54, 1.807) is 11.6 Å². The molecule has 1 aromatic carbocycles. The second-order valence-corrected chi connectivity index (χ2v) is 6.30. The van der Waals surface area contributed by atoms with E-state index < -0.39 is 0 Å². The molecule has 2 aromatic rings. The number of aromatic nitrogens is 4. The first-order valence-electron chi connectivity index (χ1n) is 7.30. The monoisotopic (exact) mass is 320 g/mol. The number of benzene rings is 1. The number of hydrogen-bond donors (Lipinski definition) is 0. The largest absolute Gasteiger partial charge is 0.465 e. The highest BCUT2D eigenvalue weighted by molar-refractivity contribution is 8.00. The zero-order valence-corrected chi connectivity index (χ0v) is 13.8. The van der Waals surface area contributed by atoms with E-state index in [9.17, 15) is 4.79 Å². The summed E-state index contributed by atoms with van der Waals surface area (Å²) in [5.74, 6) is -0.239. The van der Waals surface area contributed by atoms with Crippen LogP contribution >= 0.6 is 11.8 Å². The Bertz CT molecular complexity index is 612. The molecule has 0 radical (unpaired) electrons. The first-order valence-corrected chi connectivity index (χ1v) is 8.18. The predicted molar refractivity (Wildman–Crippen MR) is 85.1 cm³/mol. The minimum absolute atomic E-state index is 0.239. The van der Waals surface area contributed by atoms with E-state index in [4.69, 9.17) is 4.74 Å². The molecular formula is C15H20N4O2S. The van der Waals surface area contributed by atoms with Crippen LogP contribution in [0.5, 0.6) is 0 Å². The number of carbonyl (C=O) groups is 1. The number of carbonyl (C=O) groups excluding carboxylic acids is 1. The minimum atomic E-state index is -0.355. The number of aryl methyl sites for hydroxylation is 1. The van der Waals surface area contributed by atoms with E-state index >= 15 is 0 Å². The third-order valence-corrected chi connectivity index (χ3v) is 4.09. The summed E-state index contributed by atoms with van der Waals surface area (Å²) in [6.45, 7) is 6.34. The van der Waals surface area contributed by atoms with Gasteiger partial charge in [-0.3, -0.25) is 4.79 Å². The van der Waals surface area contributed by atoms with Gasteiger partial charge in [0.1, 0.15) is 5.25 Å². The van der Waals surface area contributed by atoms with Crippen molar-refractivity contribution in [3.8, 4) is 5.69 Å². The average Bonchev–Trinajstić information content (AvgIpc) is 2.96. The van der Waals surface area contributed by atoms with E-state index in [0.717, 1.165) is 18.5 Å². The van der Waals surface area contributed by atoms with Crippen LogP contribution in [0.4, 0.5) is 0 Å². The number of ether oxygens (including phenoxy) is 1. The van der Waals surface area contributed by atoms with Crippen molar-refractivity contribution < 1.29 is 9.53 Å². The number of rotatable bonds is 7.